The fraction of sp³-hybridized carbons (Fsp3) is 0.375. The fourth-order valence-corrected chi connectivity index (χ4v) is 0.806. The van der Waals surface area contributed by atoms with Gasteiger partial charge in [0.2, 0.25) is 5.96 Å². The second-order valence-corrected chi connectivity index (χ2v) is 2.61. The number of nitrogens with zero attached hydrogens (tertiary/aromatic N) is 1. The Hall–Kier alpha value is -1.45. The second-order valence-electron chi connectivity index (χ2n) is 2.61. The van der Waals surface area contributed by atoms with Gasteiger partial charge in [-0.25, -0.2) is 4.99 Å². The van der Waals surface area contributed by atoms with Gasteiger partial charge < -0.3 is 5.73 Å². The number of nitrogens with one attached hydrogen (secondary N) is 1. The Labute approximate surface area is 71.7 Å². The lowest BCUT2D eigenvalue weighted by molar-refractivity contribution is -0.104. The summed E-state index contributed by atoms with van der Waals surface area (Å²) in [6.45, 7) is 5.27. The van der Waals surface area contributed by atoms with Crippen molar-refractivity contribution in [3.05, 3.63) is 11.1 Å². The van der Waals surface area contributed by atoms with Crippen LogP contribution in [0.25, 0.3) is 0 Å². The van der Waals surface area contributed by atoms with Gasteiger partial charge in [0.1, 0.15) is 0 Å². The quantitative estimate of drug-likeness (QED) is 0.277. The summed E-state index contributed by atoms with van der Waals surface area (Å²) in [6.07, 6.45) is 0.719. The first kappa shape index (κ1) is 10.6. The van der Waals surface area contributed by atoms with E-state index in [1.165, 1.54) is 0 Å². The Morgan fingerprint density at radius 3 is 2.17 bits per heavy atom. The molecule has 0 bridgehead atoms. The van der Waals surface area contributed by atoms with Gasteiger partial charge in [-0.2, -0.15) is 0 Å². The van der Waals surface area contributed by atoms with Gasteiger partial charge in [0.15, 0.2) is 6.29 Å². The molecule has 66 valence electrons. The van der Waals surface area contributed by atoms with E-state index in [4.69, 9.17) is 11.1 Å². The van der Waals surface area contributed by atoms with E-state index in [-0.39, 0.29) is 5.96 Å². The Morgan fingerprint density at radius 2 is 1.92 bits per heavy atom. The Bertz CT molecular complexity index is 259. The molecule has 0 aliphatic carbocycles. The molecule has 0 aliphatic heterocycles. The molecule has 0 aromatic heterocycles. The van der Waals surface area contributed by atoms with Crippen LogP contribution in [0.5, 0.6) is 0 Å². The molecule has 0 saturated carbocycles. The fourth-order valence-electron chi connectivity index (χ4n) is 0.806. The number of hydrogen-bond acceptors (Lipinski definition) is 2. The lowest BCUT2D eigenvalue weighted by Crippen LogP contribution is -2.11. The average molecular weight is 167 g/mol. The number of nitrogens with two attached hydrogens (primary N) is 1. The molecule has 0 heterocycles. The van der Waals surface area contributed by atoms with Crippen molar-refractivity contribution < 1.29 is 4.79 Å². The van der Waals surface area contributed by atoms with Gasteiger partial charge in [0, 0.05) is 5.57 Å². The van der Waals surface area contributed by atoms with Gasteiger partial charge in [0.25, 0.3) is 0 Å². The SMILES string of the molecule is CC(=NC(=N)N)C(C=O)=C(C)C. The summed E-state index contributed by atoms with van der Waals surface area (Å²) in [6, 6.07) is 0. The van der Waals surface area contributed by atoms with Crippen LogP contribution in [0, 0.1) is 5.41 Å². The van der Waals surface area contributed by atoms with Crippen molar-refractivity contribution in [2.24, 2.45) is 10.7 Å². The van der Waals surface area contributed by atoms with Gasteiger partial charge in [-0.1, -0.05) is 5.57 Å². The van der Waals surface area contributed by atoms with Crippen molar-refractivity contribution in [3.8, 4) is 0 Å². The van der Waals surface area contributed by atoms with E-state index in [1.54, 1.807) is 6.92 Å². The molecule has 0 spiro atoms. The van der Waals surface area contributed by atoms with Crippen molar-refractivity contribution in [1.82, 2.24) is 0 Å². The first-order chi connectivity index (χ1) is 5.49. The third-order valence-electron chi connectivity index (χ3n) is 1.33. The van der Waals surface area contributed by atoms with E-state index < -0.39 is 0 Å². The zero-order valence-electron chi connectivity index (χ0n) is 7.51. The highest BCUT2D eigenvalue weighted by Crippen LogP contribution is 2.02. The molecule has 4 nitrogen and oxygen atoms in total. The smallest absolute Gasteiger partial charge is 0.212 e. The van der Waals surface area contributed by atoms with E-state index in [0.717, 1.165) is 11.9 Å². The van der Waals surface area contributed by atoms with E-state index in [2.05, 4.69) is 4.99 Å². The maximum atomic E-state index is 10.5. The monoisotopic (exact) mass is 167 g/mol. The molecule has 12 heavy (non-hydrogen) atoms. The summed E-state index contributed by atoms with van der Waals surface area (Å²) < 4.78 is 0. The largest absolute Gasteiger partial charge is 0.368 e. The van der Waals surface area contributed by atoms with Crippen LogP contribution in [0.4, 0.5) is 0 Å². The van der Waals surface area contributed by atoms with Crippen molar-refractivity contribution in [3.63, 3.8) is 0 Å². The number of aldehydes is 1. The molecule has 0 radical (unpaired) electrons. The van der Waals surface area contributed by atoms with Crippen LogP contribution in [0.15, 0.2) is 16.1 Å². The number of guanidine groups is 1. The van der Waals surface area contributed by atoms with Crippen molar-refractivity contribution >= 4 is 18.0 Å². The molecule has 0 saturated heterocycles. The first-order valence-electron chi connectivity index (χ1n) is 3.51. The zero-order chi connectivity index (χ0) is 9.72. The topological polar surface area (TPSA) is 79.3 Å². The number of aliphatic imine (C=N–C) groups is 1. The van der Waals surface area contributed by atoms with Crippen LogP contribution in [0.2, 0.25) is 0 Å². The van der Waals surface area contributed by atoms with Gasteiger partial charge in [0.05, 0.1) is 5.71 Å². The van der Waals surface area contributed by atoms with Crippen molar-refractivity contribution in [1.29, 1.82) is 5.41 Å². The number of carbonyl (C=O) groups excluding carboxylic acids is 1. The van der Waals surface area contributed by atoms with Gasteiger partial charge in [-0.05, 0) is 20.8 Å². The summed E-state index contributed by atoms with van der Waals surface area (Å²) in [5.41, 5.74) is 6.90. The molecule has 0 atom stereocenters. The number of rotatable bonds is 2. The van der Waals surface area contributed by atoms with Crippen LogP contribution in [0.1, 0.15) is 20.8 Å². The van der Waals surface area contributed by atoms with Crippen molar-refractivity contribution in [2.45, 2.75) is 20.8 Å². The highest BCUT2D eigenvalue weighted by molar-refractivity contribution is 6.16. The number of allylic oxidation sites excluding steroid dienone is 2. The zero-order valence-corrected chi connectivity index (χ0v) is 7.51. The summed E-state index contributed by atoms with van der Waals surface area (Å²) >= 11 is 0. The Balaban J connectivity index is 4.90. The molecule has 0 unspecified atom stereocenters. The Kier molecular flexibility index (Phi) is 3.90. The molecule has 0 amide bonds. The number of carbonyl (C=O) groups is 1. The van der Waals surface area contributed by atoms with Crippen LogP contribution in [-0.4, -0.2) is 18.0 Å². The van der Waals surface area contributed by atoms with Crippen LogP contribution < -0.4 is 5.73 Å². The lowest BCUT2D eigenvalue weighted by atomic mass is 10.1. The molecule has 0 fully saturated rings. The van der Waals surface area contributed by atoms with E-state index >= 15 is 0 Å². The second kappa shape index (κ2) is 4.43. The van der Waals surface area contributed by atoms with Crippen molar-refractivity contribution in [2.75, 3.05) is 0 Å². The molecule has 0 aliphatic rings. The van der Waals surface area contributed by atoms with Crippen LogP contribution >= 0.6 is 0 Å². The maximum absolute atomic E-state index is 10.5. The minimum absolute atomic E-state index is 0.284. The van der Waals surface area contributed by atoms with Crippen LogP contribution in [-0.2, 0) is 4.79 Å². The third-order valence-corrected chi connectivity index (χ3v) is 1.33. The highest BCUT2D eigenvalue weighted by atomic mass is 16.1. The molecule has 0 rings (SSSR count). The van der Waals surface area contributed by atoms with Gasteiger partial charge >= 0.3 is 0 Å². The summed E-state index contributed by atoms with van der Waals surface area (Å²) in [4.78, 5) is 14.2. The van der Waals surface area contributed by atoms with Gasteiger partial charge in [-0.3, -0.25) is 10.2 Å². The Morgan fingerprint density at radius 1 is 1.42 bits per heavy atom. The standard InChI is InChI=1S/C8H13N3O/c1-5(2)7(4-12)6(3)11-8(9)10/h4H,1-3H3,(H3,9,10). The molecule has 3 N–H and O–H groups in total. The molecular formula is C8H13N3O. The summed E-state index contributed by atoms with van der Waals surface area (Å²) in [5, 5.41) is 6.89. The van der Waals surface area contributed by atoms with Crippen LogP contribution in [0.3, 0.4) is 0 Å². The van der Waals surface area contributed by atoms with E-state index in [9.17, 15) is 4.79 Å². The molecular weight excluding hydrogens is 154 g/mol. The normalized spacial score (nSPS) is 10.8. The first-order valence-corrected chi connectivity index (χ1v) is 3.51. The number of hydrogen-bond donors (Lipinski definition) is 2. The molecule has 0 aromatic carbocycles. The molecule has 4 heteroatoms. The predicted molar refractivity (Wildman–Crippen MR) is 49.5 cm³/mol. The van der Waals surface area contributed by atoms with Gasteiger partial charge in [-0.15, -0.1) is 0 Å². The summed E-state index contributed by atoms with van der Waals surface area (Å²) in [5.74, 6) is -0.284. The van der Waals surface area contributed by atoms with E-state index in [1.807, 2.05) is 13.8 Å². The maximum Gasteiger partial charge on any atom is 0.212 e. The van der Waals surface area contributed by atoms with E-state index in [0.29, 0.717) is 11.3 Å². The predicted octanol–water partition coefficient (Wildman–Crippen LogP) is 0.876. The minimum Gasteiger partial charge on any atom is -0.368 e. The highest BCUT2D eigenvalue weighted by Gasteiger charge is 2.02. The summed E-state index contributed by atoms with van der Waals surface area (Å²) in [7, 11) is 0. The minimum atomic E-state index is -0.284. The average Bonchev–Trinajstić information content (AvgIpc) is 1.85. The third kappa shape index (κ3) is 3.09. The molecule has 0 aromatic rings. The lowest BCUT2D eigenvalue weighted by Gasteiger charge is -2.00.